The highest BCUT2D eigenvalue weighted by atomic mass is 16.4. The molecule has 0 amide bonds. The van der Waals surface area contributed by atoms with Crippen molar-refractivity contribution in [1.82, 2.24) is 40.5 Å². The molecular formula is C63H75N17O9. The number of carbonyl (C=O) groups is 3. The molecule has 3 aromatic heterocycles. The number of nitrogens with zero attached hydrogens (tertiary/aromatic N) is 9. The van der Waals surface area contributed by atoms with Crippen LogP contribution in [0.25, 0.3) is 19.7 Å². The van der Waals surface area contributed by atoms with Gasteiger partial charge >= 0.3 is 17.9 Å². The highest BCUT2D eigenvalue weighted by Crippen LogP contribution is 2.39. The predicted molar refractivity (Wildman–Crippen MR) is 343 cm³/mol. The van der Waals surface area contributed by atoms with Crippen molar-refractivity contribution in [3.05, 3.63) is 163 Å². The first-order chi connectivity index (χ1) is 42.4. The van der Waals surface area contributed by atoms with Crippen LogP contribution in [-0.2, 0) is 9.59 Å². The van der Waals surface area contributed by atoms with E-state index < -0.39 is 30.0 Å². The lowest BCUT2D eigenvalue weighted by Crippen LogP contribution is -2.44. The van der Waals surface area contributed by atoms with Crippen molar-refractivity contribution in [2.24, 2.45) is 26.4 Å². The Bertz CT molecular complexity index is 4420. The molecule has 3 aliphatic rings. The van der Waals surface area contributed by atoms with Crippen LogP contribution < -0.4 is 91.3 Å². The molecule has 0 fully saturated rings. The molecule has 26 nitrogen and oxygen atoms in total. The van der Waals surface area contributed by atoms with Gasteiger partial charge in [0, 0.05) is 45.0 Å². The molecule has 466 valence electrons. The number of para-hydroxylation sites is 1. The summed E-state index contributed by atoms with van der Waals surface area (Å²) in [6.45, 7) is 28.1. The number of aromatic carboxylic acids is 1. The number of carboxylic acids is 3. The number of aliphatic carboxylic acids is 2. The molecule has 0 saturated carbocycles. The molecule has 0 radical (unpaired) electrons. The van der Waals surface area contributed by atoms with Gasteiger partial charge < -0.3 is 72.4 Å². The zero-order chi connectivity index (χ0) is 64.4. The number of carboxylic acid groups (broad SMARTS) is 3. The number of anilines is 7. The van der Waals surface area contributed by atoms with E-state index in [1.165, 1.54) is 0 Å². The smallest absolute Gasteiger partial charge is 0.337 e. The molecule has 4 aromatic carbocycles. The Morgan fingerprint density at radius 3 is 1.24 bits per heavy atom. The van der Waals surface area contributed by atoms with Crippen LogP contribution in [0.3, 0.4) is 0 Å². The van der Waals surface area contributed by atoms with E-state index in [0.29, 0.717) is 105 Å². The molecule has 0 aliphatic carbocycles. The minimum atomic E-state index is -0.994. The Balaban J connectivity index is 0.000000173. The predicted octanol–water partition coefficient (Wildman–Crippen LogP) is 2.36. The molecule has 0 saturated heterocycles. The number of rotatable bonds is 22. The van der Waals surface area contributed by atoms with E-state index in [-0.39, 0.29) is 43.9 Å². The summed E-state index contributed by atoms with van der Waals surface area (Å²) in [7, 11) is 0. The standard InChI is InChI=1S/C22H21N5O3.C21H28N6O3.C20H26N6O3/c1-12-10-17-18(11-13(12)2)27(20-19(26-17)21(28)25-14(3)24-20)9-8-23-16-7-5-4-6-15(16)22(29)30;1-12-10-16-17(11-13(12)2)27(19-18(26-16)20(28)25-14(3)24-19)9-8-23-7-5-4-6-15(22)21(29)30;1-11-9-15-16(10-12(11)2)26(8-7-22-6-4-5-14(21)20(28)29)18-17(25-15)19(27)24-13(3)23-18/h4-7,10-11,23H,3,8-9H2,1-2H3,(H,25,28)(H,29,30);10-11,15,23H,3-9,22H2,1-2H3,(H,25,28)(H,29,30);9-10,14,22H,3-8,21H2,1-2H3,(H,24,27)(H,28,29)/t;15-;14-/m.01/s1. The van der Waals surface area contributed by atoms with Gasteiger partial charge in [0.2, 0.25) is 0 Å². The van der Waals surface area contributed by atoms with Gasteiger partial charge in [0.15, 0.2) is 33.5 Å². The van der Waals surface area contributed by atoms with Crippen molar-refractivity contribution in [2.75, 3.05) is 72.4 Å². The highest BCUT2D eigenvalue weighted by molar-refractivity contribution is 5.94. The van der Waals surface area contributed by atoms with E-state index in [2.05, 4.69) is 92.7 Å². The van der Waals surface area contributed by atoms with Crippen LogP contribution >= 0.6 is 0 Å². The normalized spacial score (nSPS) is 12.9. The molecule has 3 aliphatic heterocycles. The maximum absolute atomic E-state index is 12.5. The quantitative estimate of drug-likeness (QED) is 0.0434. The van der Waals surface area contributed by atoms with Crippen LogP contribution in [0.4, 0.5) is 57.3 Å². The minimum absolute atomic E-state index is 0.202. The van der Waals surface area contributed by atoms with Gasteiger partial charge in [-0.3, -0.25) is 24.0 Å². The Hall–Kier alpha value is -10.0. The van der Waals surface area contributed by atoms with Crippen molar-refractivity contribution >= 4 is 94.9 Å². The second kappa shape index (κ2) is 28.7. The Kier molecular flexibility index (Phi) is 20.9. The molecule has 10 rings (SSSR count). The topological polar surface area (TPSA) is 384 Å². The van der Waals surface area contributed by atoms with Gasteiger partial charge in [0.05, 0.1) is 39.7 Å². The summed E-state index contributed by atoms with van der Waals surface area (Å²) in [6.07, 6.45) is 3.12. The molecule has 26 heteroatoms. The number of aromatic nitrogens is 6. The number of hydrogen-bond acceptors (Lipinski definition) is 20. The second-order valence-corrected chi connectivity index (χ2v) is 21.9. The summed E-state index contributed by atoms with van der Waals surface area (Å²) in [5.74, 6) is -1.51. The van der Waals surface area contributed by atoms with E-state index in [4.69, 9.17) is 21.7 Å². The van der Waals surface area contributed by atoms with Crippen LogP contribution in [0.15, 0.2) is 90.0 Å². The molecule has 89 heavy (non-hydrogen) atoms. The molecular weight excluding hydrogens is 1140 g/mol. The van der Waals surface area contributed by atoms with Gasteiger partial charge in [-0.1, -0.05) is 38.3 Å². The first kappa shape index (κ1) is 65.0. The van der Waals surface area contributed by atoms with Crippen LogP contribution in [0.1, 0.15) is 75.8 Å². The SMILES string of the molecule is C=c1nc2c(c(=O)[nH]1)=Nc1cc(C)c(C)cc1N2CCNCCCC[C@H](N)C(=O)O.C=c1nc2c(c(=O)[nH]1)=Nc1cc(C)c(C)cc1N2CCNCCC[C@@H](N)C(=O)O.C=c1nc2c(c(=O)[nH]1)=Nc1cc(C)c(C)cc1N2CCNc1ccccc1C(=O)O. The van der Waals surface area contributed by atoms with Gasteiger partial charge in [-0.25, -0.2) is 34.7 Å². The number of benzene rings is 4. The average Bonchev–Trinajstić information content (AvgIpc) is 0.813. The van der Waals surface area contributed by atoms with Gasteiger partial charge in [-0.05, 0) is 162 Å². The Labute approximate surface area is 511 Å². The zero-order valence-electron chi connectivity index (χ0n) is 50.7. The average molecular weight is 1210 g/mol. The van der Waals surface area contributed by atoms with Crippen molar-refractivity contribution < 1.29 is 29.7 Å². The fourth-order valence-electron chi connectivity index (χ4n) is 10.1. The van der Waals surface area contributed by atoms with Gasteiger partial charge in [0.25, 0.3) is 16.7 Å². The van der Waals surface area contributed by atoms with Crippen LogP contribution in [0, 0.1) is 41.5 Å². The van der Waals surface area contributed by atoms with E-state index in [0.717, 1.165) is 81.2 Å². The summed E-state index contributed by atoms with van der Waals surface area (Å²) >= 11 is 0. The minimum Gasteiger partial charge on any atom is -0.480 e. The molecule has 0 spiro atoms. The number of fused-ring (bicyclic) bond motifs is 6. The maximum Gasteiger partial charge on any atom is 0.337 e. The highest BCUT2D eigenvalue weighted by Gasteiger charge is 2.27. The summed E-state index contributed by atoms with van der Waals surface area (Å²) in [6, 6.07) is 17.1. The van der Waals surface area contributed by atoms with Crippen LogP contribution in [0.5, 0.6) is 0 Å². The van der Waals surface area contributed by atoms with Crippen LogP contribution in [-0.4, -0.2) is 128 Å². The van der Waals surface area contributed by atoms with Crippen LogP contribution in [0.2, 0.25) is 0 Å². The second-order valence-electron chi connectivity index (χ2n) is 21.9. The number of aryl methyl sites for hydroxylation is 6. The van der Waals surface area contributed by atoms with E-state index >= 15 is 0 Å². The number of nitrogens with one attached hydrogen (secondary N) is 6. The summed E-state index contributed by atoms with van der Waals surface area (Å²) < 4.78 is 0. The Morgan fingerprint density at radius 2 is 0.854 bits per heavy atom. The molecule has 6 heterocycles. The number of aromatic amines is 3. The summed E-state index contributed by atoms with van der Waals surface area (Å²) in [4.78, 5) is 111. The number of hydrogen-bond donors (Lipinski definition) is 11. The molecule has 7 aromatic rings. The number of nitrogens with two attached hydrogens (primary N) is 2. The monoisotopic (exact) mass is 1210 g/mol. The largest absolute Gasteiger partial charge is 0.480 e. The van der Waals surface area contributed by atoms with E-state index in [1.807, 2.05) is 80.5 Å². The molecule has 2 atom stereocenters. The molecule has 0 unspecified atom stereocenters. The lowest BCUT2D eigenvalue weighted by Gasteiger charge is -2.29. The third kappa shape index (κ3) is 15.6. The molecule has 0 bridgehead atoms. The zero-order valence-corrected chi connectivity index (χ0v) is 50.7. The lowest BCUT2D eigenvalue weighted by molar-refractivity contribution is -0.139. The lowest BCUT2D eigenvalue weighted by atomic mass is 10.1. The van der Waals surface area contributed by atoms with Gasteiger partial charge in [-0.2, -0.15) is 0 Å². The first-order valence-electron chi connectivity index (χ1n) is 29.0. The fourth-order valence-corrected chi connectivity index (χ4v) is 10.1. The number of unbranched alkanes of at least 4 members (excludes halogenated alkanes) is 1. The number of H-pyrrole nitrogens is 3. The van der Waals surface area contributed by atoms with E-state index in [1.54, 1.807) is 24.3 Å². The third-order valence-electron chi connectivity index (χ3n) is 15.3. The van der Waals surface area contributed by atoms with Crippen molar-refractivity contribution in [2.45, 2.75) is 85.7 Å². The van der Waals surface area contributed by atoms with Crippen molar-refractivity contribution in [3.63, 3.8) is 0 Å². The fraction of sp³-hybridized carbons (Fsp3) is 0.333. The van der Waals surface area contributed by atoms with Crippen molar-refractivity contribution in [3.8, 4) is 0 Å². The first-order valence-corrected chi connectivity index (χ1v) is 29.0. The third-order valence-corrected chi connectivity index (χ3v) is 15.3. The Morgan fingerprint density at radius 1 is 0.506 bits per heavy atom. The van der Waals surface area contributed by atoms with Gasteiger partial charge in [-0.15, -0.1) is 0 Å². The summed E-state index contributed by atoms with van der Waals surface area (Å²) in [5, 5.41) is 37.7. The van der Waals surface area contributed by atoms with Crippen molar-refractivity contribution in [1.29, 1.82) is 0 Å². The van der Waals surface area contributed by atoms with E-state index in [9.17, 15) is 33.9 Å². The molecule has 13 N–H and O–H groups in total. The van der Waals surface area contributed by atoms with Gasteiger partial charge in [0.1, 0.15) is 28.5 Å². The summed E-state index contributed by atoms with van der Waals surface area (Å²) in [5.41, 5.74) is 23.1. The maximum atomic E-state index is 12.5.